The number of nitrogens with one attached hydrogen (secondary N) is 1. The second-order valence-electron chi connectivity index (χ2n) is 5.01. The third-order valence-electron chi connectivity index (χ3n) is 3.46. The SMILES string of the molecule is COC(=O)CC(NC(=O)c1ccc(C)c(OC)c1)c1cccs1. The van der Waals surface area contributed by atoms with E-state index in [0.717, 1.165) is 10.4 Å². The molecular weight excluding hydrogens is 314 g/mol. The number of aryl methyl sites for hydroxylation is 1. The molecule has 1 aromatic carbocycles. The predicted molar refractivity (Wildman–Crippen MR) is 88.9 cm³/mol. The highest BCUT2D eigenvalue weighted by atomic mass is 32.1. The zero-order chi connectivity index (χ0) is 16.8. The molecule has 2 rings (SSSR count). The Morgan fingerprint density at radius 1 is 1.26 bits per heavy atom. The van der Waals surface area contributed by atoms with Crippen LogP contribution in [0.2, 0.25) is 0 Å². The Morgan fingerprint density at radius 2 is 2.04 bits per heavy atom. The van der Waals surface area contributed by atoms with Crippen LogP contribution < -0.4 is 10.1 Å². The van der Waals surface area contributed by atoms with Crippen molar-refractivity contribution >= 4 is 23.2 Å². The molecule has 2 aromatic rings. The third kappa shape index (κ3) is 4.32. The summed E-state index contributed by atoms with van der Waals surface area (Å²) in [4.78, 5) is 25.0. The van der Waals surface area contributed by atoms with Crippen LogP contribution in [-0.2, 0) is 9.53 Å². The highest BCUT2D eigenvalue weighted by Gasteiger charge is 2.21. The first kappa shape index (κ1) is 17.0. The molecule has 0 aliphatic carbocycles. The maximum absolute atomic E-state index is 12.5. The second kappa shape index (κ2) is 7.78. The van der Waals surface area contributed by atoms with E-state index in [1.54, 1.807) is 19.2 Å². The summed E-state index contributed by atoms with van der Waals surface area (Å²) in [5, 5.41) is 4.79. The summed E-state index contributed by atoms with van der Waals surface area (Å²) in [6.07, 6.45) is 0.0890. The van der Waals surface area contributed by atoms with Gasteiger partial charge in [-0.3, -0.25) is 9.59 Å². The Morgan fingerprint density at radius 3 is 2.65 bits per heavy atom. The summed E-state index contributed by atoms with van der Waals surface area (Å²) in [6.45, 7) is 1.91. The van der Waals surface area contributed by atoms with Gasteiger partial charge in [-0.05, 0) is 36.1 Å². The number of esters is 1. The maximum Gasteiger partial charge on any atom is 0.307 e. The molecule has 0 aliphatic rings. The van der Waals surface area contributed by atoms with E-state index >= 15 is 0 Å². The van der Waals surface area contributed by atoms with Crippen molar-refractivity contribution < 1.29 is 19.1 Å². The van der Waals surface area contributed by atoms with Crippen molar-refractivity contribution in [3.63, 3.8) is 0 Å². The lowest BCUT2D eigenvalue weighted by molar-refractivity contribution is -0.141. The van der Waals surface area contributed by atoms with Gasteiger partial charge in [0.15, 0.2) is 0 Å². The van der Waals surface area contributed by atoms with Crippen LogP contribution in [0.5, 0.6) is 5.75 Å². The first-order chi connectivity index (χ1) is 11.0. The normalized spacial score (nSPS) is 11.6. The minimum atomic E-state index is -0.415. The molecule has 6 heteroatoms. The molecule has 23 heavy (non-hydrogen) atoms. The lowest BCUT2D eigenvalue weighted by Crippen LogP contribution is -2.30. The van der Waals surface area contributed by atoms with Crippen LogP contribution in [-0.4, -0.2) is 26.1 Å². The van der Waals surface area contributed by atoms with Gasteiger partial charge in [0.25, 0.3) is 5.91 Å². The van der Waals surface area contributed by atoms with Crippen molar-refractivity contribution in [1.29, 1.82) is 0 Å². The number of benzene rings is 1. The molecule has 1 N–H and O–H groups in total. The van der Waals surface area contributed by atoms with Crippen molar-refractivity contribution in [2.45, 2.75) is 19.4 Å². The molecule has 0 bridgehead atoms. The summed E-state index contributed by atoms with van der Waals surface area (Å²) in [5.41, 5.74) is 1.44. The van der Waals surface area contributed by atoms with Gasteiger partial charge in [-0.2, -0.15) is 0 Å². The van der Waals surface area contributed by atoms with Crippen LogP contribution in [0.3, 0.4) is 0 Å². The predicted octanol–water partition coefficient (Wildman–Crippen LogP) is 3.10. The molecule has 122 valence electrons. The number of rotatable bonds is 6. The zero-order valence-electron chi connectivity index (χ0n) is 13.3. The Balaban J connectivity index is 2.18. The van der Waals surface area contributed by atoms with Crippen LogP contribution in [0.4, 0.5) is 0 Å². The van der Waals surface area contributed by atoms with E-state index in [9.17, 15) is 9.59 Å². The lowest BCUT2D eigenvalue weighted by atomic mass is 10.1. The first-order valence-electron chi connectivity index (χ1n) is 7.11. The summed E-state index contributed by atoms with van der Waals surface area (Å²) in [5.74, 6) is 0.0223. The van der Waals surface area contributed by atoms with E-state index in [-0.39, 0.29) is 18.3 Å². The molecule has 5 nitrogen and oxygen atoms in total. The van der Waals surface area contributed by atoms with Crippen molar-refractivity contribution in [3.8, 4) is 5.75 Å². The van der Waals surface area contributed by atoms with Gasteiger partial charge in [-0.1, -0.05) is 12.1 Å². The fourth-order valence-electron chi connectivity index (χ4n) is 2.17. The summed E-state index contributed by atoms with van der Waals surface area (Å²) < 4.78 is 9.96. The quantitative estimate of drug-likeness (QED) is 0.825. The number of hydrogen-bond donors (Lipinski definition) is 1. The van der Waals surface area contributed by atoms with Gasteiger partial charge in [-0.15, -0.1) is 11.3 Å². The molecule has 1 aromatic heterocycles. The number of hydrogen-bond acceptors (Lipinski definition) is 5. The van der Waals surface area contributed by atoms with E-state index in [1.807, 2.05) is 30.5 Å². The van der Waals surface area contributed by atoms with Crippen LogP contribution in [0.15, 0.2) is 35.7 Å². The van der Waals surface area contributed by atoms with E-state index in [4.69, 9.17) is 9.47 Å². The highest BCUT2D eigenvalue weighted by molar-refractivity contribution is 7.10. The Kier molecular flexibility index (Phi) is 5.76. The fourth-order valence-corrected chi connectivity index (χ4v) is 2.94. The molecule has 0 radical (unpaired) electrons. The lowest BCUT2D eigenvalue weighted by Gasteiger charge is -2.17. The topological polar surface area (TPSA) is 64.6 Å². The van der Waals surface area contributed by atoms with Crippen LogP contribution in [0.25, 0.3) is 0 Å². The van der Waals surface area contributed by atoms with Crippen LogP contribution in [0, 0.1) is 6.92 Å². The van der Waals surface area contributed by atoms with Gasteiger partial charge in [0.05, 0.1) is 26.7 Å². The minimum Gasteiger partial charge on any atom is -0.496 e. The summed E-state index contributed by atoms with van der Waals surface area (Å²) >= 11 is 1.48. The number of amides is 1. The van der Waals surface area contributed by atoms with Gasteiger partial charge in [-0.25, -0.2) is 0 Å². The van der Waals surface area contributed by atoms with E-state index in [2.05, 4.69) is 5.32 Å². The van der Waals surface area contributed by atoms with Crippen molar-refractivity contribution in [2.24, 2.45) is 0 Å². The minimum absolute atomic E-state index is 0.0890. The number of carbonyl (C=O) groups excluding carboxylic acids is 2. The van der Waals surface area contributed by atoms with E-state index in [0.29, 0.717) is 11.3 Å². The highest BCUT2D eigenvalue weighted by Crippen LogP contribution is 2.24. The molecule has 0 spiro atoms. The van der Waals surface area contributed by atoms with Gasteiger partial charge in [0, 0.05) is 10.4 Å². The standard InChI is InChI=1S/C17H19NO4S/c1-11-6-7-12(9-14(11)21-2)17(20)18-13(10-16(19)22-3)15-5-4-8-23-15/h4-9,13H,10H2,1-3H3,(H,18,20). The molecule has 1 heterocycles. The van der Waals surface area contributed by atoms with Gasteiger partial charge < -0.3 is 14.8 Å². The first-order valence-corrected chi connectivity index (χ1v) is 7.99. The monoisotopic (exact) mass is 333 g/mol. The van der Waals surface area contributed by atoms with E-state index < -0.39 is 6.04 Å². The number of thiophene rings is 1. The number of ether oxygens (including phenoxy) is 2. The molecule has 0 aliphatic heterocycles. The van der Waals surface area contributed by atoms with Crippen LogP contribution >= 0.6 is 11.3 Å². The van der Waals surface area contributed by atoms with Gasteiger partial charge in [0.1, 0.15) is 5.75 Å². The Labute approximate surface area is 139 Å². The number of carbonyl (C=O) groups is 2. The Bertz CT molecular complexity index is 682. The average Bonchev–Trinajstić information content (AvgIpc) is 3.08. The largest absolute Gasteiger partial charge is 0.496 e. The average molecular weight is 333 g/mol. The smallest absolute Gasteiger partial charge is 0.307 e. The maximum atomic E-state index is 12.5. The molecule has 0 saturated carbocycles. The number of methoxy groups -OCH3 is 2. The third-order valence-corrected chi connectivity index (χ3v) is 4.45. The van der Waals surface area contributed by atoms with Gasteiger partial charge >= 0.3 is 5.97 Å². The second-order valence-corrected chi connectivity index (χ2v) is 5.99. The van der Waals surface area contributed by atoms with Crippen molar-refractivity contribution in [2.75, 3.05) is 14.2 Å². The molecule has 0 fully saturated rings. The molecule has 1 atom stereocenters. The van der Waals surface area contributed by atoms with Crippen molar-refractivity contribution in [1.82, 2.24) is 5.32 Å². The summed E-state index contributed by atoms with van der Waals surface area (Å²) in [7, 11) is 2.90. The van der Waals surface area contributed by atoms with Crippen molar-refractivity contribution in [3.05, 3.63) is 51.7 Å². The van der Waals surface area contributed by atoms with Gasteiger partial charge in [0.2, 0.25) is 0 Å². The fraction of sp³-hybridized carbons (Fsp3) is 0.294. The Hall–Kier alpha value is -2.34. The molecule has 1 amide bonds. The van der Waals surface area contributed by atoms with E-state index in [1.165, 1.54) is 18.4 Å². The molecular formula is C17H19NO4S. The summed E-state index contributed by atoms with van der Waals surface area (Å²) in [6, 6.07) is 8.60. The van der Waals surface area contributed by atoms with Crippen LogP contribution in [0.1, 0.15) is 33.3 Å². The molecule has 0 saturated heterocycles. The molecule has 1 unspecified atom stereocenters. The zero-order valence-corrected chi connectivity index (χ0v) is 14.1.